The summed E-state index contributed by atoms with van der Waals surface area (Å²) >= 11 is 0. The maximum atomic E-state index is 8.69. The molecule has 0 radical (unpaired) electrons. The topological polar surface area (TPSA) is 65.1 Å². The Bertz CT molecular complexity index is 467. The molecule has 1 aliphatic heterocycles. The first-order valence-corrected chi connectivity index (χ1v) is 7.11. The standard InChI is InChI=1S/C15H24N4O/c1-12-4-3-5-14(10-12)19-8-6-18(7-9-19)11-13(2)15(16)17-20/h3-5,10,13,20H,6-9,11H2,1-2H3,(H2,16,17). The van der Waals surface area contributed by atoms with Crippen molar-refractivity contribution in [3.63, 3.8) is 0 Å². The Morgan fingerprint density at radius 1 is 1.35 bits per heavy atom. The molecule has 0 bridgehead atoms. The van der Waals surface area contributed by atoms with Gasteiger partial charge in [-0.2, -0.15) is 0 Å². The van der Waals surface area contributed by atoms with Crippen LogP contribution in [0, 0.1) is 12.8 Å². The van der Waals surface area contributed by atoms with E-state index in [9.17, 15) is 0 Å². The van der Waals surface area contributed by atoms with E-state index < -0.39 is 0 Å². The quantitative estimate of drug-likeness (QED) is 0.378. The number of rotatable bonds is 4. The normalized spacial score (nSPS) is 19.1. The van der Waals surface area contributed by atoms with Gasteiger partial charge in [-0.25, -0.2) is 0 Å². The molecular formula is C15H24N4O. The first kappa shape index (κ1) is 14.7. The Labute approximate surface area is 120 Å². The number of aryl methyl sites for hydroxylation is 1. The van der Waals surface area contributed by atoms with Crippen molar-refractivity contribution in [1.29, 1.82) is 0 Å². The lowest BCUT2D eigenvalue weighted by Gasteiger charge is -2.37. The lowest BCUT2D eigenvalue weighted by atomic mass is 10.1. The molecule has 5 nitrogen and oxygen atoms in total. The minimum Gasteiger partial charge on any atom is -0.409 e. The summed E-state index contributed by atoms with van der Waals surface area (Å²) < 4.78 is 0. The van der Waals surface area contributed by atoms with Crippen LogP contribution in [0.25, 0.3) is 0 Å². The van der Waals surface area contributed by atoms with Crippen molar-refractivity contribution >= 4 is 11.5 Å². The number of anilines is 1. The average Bonchev–Trinajstić information content (AvgIpc) is 2.47. The maximum absolute atomic E-state index is 8.69. The van der Waals surface area contributed by atoms with E-state index in [1.807, 2.05) is 6.92 Å². The highest BCUT2D eigenvalue weighted by Crippen LogP contribution is 2.18. The van der Waals surface area contributed by atoms with Crippen LogP contribution in [0.15, 0.2) is 29.4 Å². The van der Waals surface area contributed by atoms with Crippen LogP contribution in [-0.2, 0) is 0 Å². The van der Waals surface area contributed by atoms with Crippen LogP contribution in [0.5, 0.6) is 0 Å². The smallest absolute Gasteiger partial charge is 0.143 e. The maximum Gasteiger partial charge on any atom is 0.143 e. The van der Waals surface area contributed by atoms with Gasteiger partial charge in [-0.15, -0.1) is 0 Å². The predicted molar refractivity (Wildman–Crippen MR) is 82.4 cm³/mol. The molecule has 0 amide bonds. The summed E-state index contributed by atoms with van der Waals surface area (Å²) in [5.74, 6) is 0.400. The number of amidine groups is 1. The second-order valence-electron chi connectivity index (χ2n) is 5.55. The molecule has 0 saturated carbocycles. The zero-order valence-electron chi connectivity index (χ0n) is 12.3. The highest BCUT2D eigenvalue weighted by atomic mass is 16.4. The summed E-state index contributed by atoms with van der Waals surface area (Å²) in [6, 6.07) is 8.63. The van der Waals surface area contributed by atoms with Crippen molar-refractivity contribution < 1.29 is 5.21 Å². The van der Waals surface area contributed by atoms with E-state index in [2.05, 4.69) is 46.1 Å². The second-order valence-corrected chi connectivity index (χ2v) is 5.55. The lowest BCUT2D eigenvalue weighted by molar-refractivity contribution is 0.240. The van der Waals surface area contributed by atoms with Crippen LogP contribution in [0.1, 0.15) is 12.5 Å². The van der Waals surface area contributed by atoms with Crippen molar-refractivity contribution in [2.75, 3.05) is 37.6 Å². The van der Waals surface area contributed by atoms with Crippen molar-refractivity contribution in [2.45, 2.75) is 13.8 Å². The summed E-state index contributed by atoms with van der Waals surface area (Å²) in [5.41, 5.74) is 8.23. The Kier molecular flexibility index (Phi) is 4.84. The molecule has 1 heterocycles. The number of nitrogens with zero attached hydrogens (tertiary/aromatic N) is 3. The van der Waals surface area contributed by atoms with Crippen LogP contribution in [-0.4, -0.2) is 48.7 Å². The Morgan fingerprint density at radius 3 is 2.65 bits per heavy atom. The second kappa shape index (κ2) is 6.61. The molecule has 110 valence electrons. The van der Waals surface area contributed by atoms with Gasteiger partial charge in [0.25, 0.3) is 0 Å². The summed E-state index contributed by atoms with van der Waals surface area (Å²) in [5, 5.41) is 11.8. The van der Waals surface area contributed by atoms with Gasteiger partial charge in [-0.1, -0.05) is 24.2 Å². The van der Waals surface area contributed by atoms with Crippen LogP contribution in [0.2, 0.25) is 0 Å². The molecule has 20 heavy (non-hydrogen) atoms. The average molecular weight is 276 g/mol. The van der Waals surface area contributed by atoms with Crippen LogP contribution < -0.4 is 10.6 Å². The van der Waals surface area contributed by atoms with E-state index >= 15 is 0 Å². The third-order valence-corrected chi connectivity index (χ3v) is 3.89. The van der Waals surface area contributed by atoms with Crippen LogP contribution in [0.3, 0.4) is 0 Å². The van der Waals surface area contributed by atoms with Crippen LogP contribution >= 0.6 is 0 Å². The van der Waals surface area contributed by atoms with Gasteiger partial charge in [0.1, 0.15) is 5.84 Å². The van der Waals surface area contributed by atoms with Crippen molar-refractivity contribution in [2.24, 2.45) is 16.8 Å². The summed E-state index contributed by atoms with van der Waals surface area (Å²) in [6.07, 6.45) is 0. The molecule has 1 aliphatic rings. The van der Waals surface area contributed by atoms with E-state index in [0.717, 1.165) is 32.7 Å². The summed E-state index contributed by atoms with van der Waals surface area (Å²) in [6.45, 7) is 9.02. The van der Waals surface area contributed by atoms with Crippen LogP contribution in [0.4, 0.5) is 5.69 Å². The van der Waals surface area contributed by atoms with Crippen molar-refractivity contribution in [3.8, 4) is 0 Å². The number of hydrogen-bond donors (Lipinski definition) is 2. The fourth-order valence-electron chi connectivity index (χ4n) is 2.59. The largest absolute Gasteiger partial charge is 0.409 e. The molecule has 2 rings (SSSR count). The Morgan fingerprint density at radius 2 is 2.05 bits per heavy atom. The highest BCUT2D eigenvalue weighted by Gasteiger charge is 2.20. The number of nitrogens with two attached hydrogens (primary N) is 1. The predicted octanol–water partition coefficient (Wildman–Crippen LogP) is 1.50. The van der Waals surface area contributed by atoms with Gasteiger partial charge < -0.3 is 15.8 Å². The van der Waals surface area contributed by atoms with Crippen molar-refractivity contribution in [3.05, 3.63) is 29.8 Å². The third kappa shape index (κ3) is 3.63. The highest BCUT2D eigenvalue weighted by molar-refractivity contribution is 5.82. The molecule has 1 fully saturated rings. The first-order valence-electron chi connectivity index (χ1n) is 7.11. The van der Waals surface area contributed by atoms with Gasteiger partial charge in [0.05, 0.1) is 0 Å². The van der Waals surface area contributed by atoms with Gasteiger partial charge in [0, 0.05) is 44.3 Å². The van der Waals surface area contributed by atoms with E-state index in [1.54, 1.807) is 0 Å². The van der Waals surface area contributed by atoms with Gasteiger partial charge >= 0.3 is 0 Å². The number of benzene rings is 1. The SMILES string of the molecule is Cc1cccc(N2CCN(CC(C)/C(N)=N/O)CC2)c1. The van der Waals surface area contributed by atoms with E-state index in [1.165, 1.54) is 11.3 Å². The van der Waals surface area contributed by atoms with E-state index in [0.29, 0.717) is 5.84 Å². The fourth-order valence-corrected chi connectivity index (χ4v) is 2.59. The zero-order valence-corrected chi connectivity index (χ0v) is 12.3. The molecule has 1 aromatic rings. The number of piperazine rings is 1. The number of hydrogen-bond acceptors (Lipinski definition) is 4. The van der Waals surface area contributed by atoms with E-state index in [4.69, 9.17) is 10.9 Å². The number of oxime groups is 1. The molecule has 0 spiro atoms. The van der Waals surface area contributed by atoms with Crippen molar-refractivity contribution in [1.82, 2.24) is 4.90 Å². The fraction of sp³-hybridized carbons (Fsp3) is 0.533. The molecule has 1 saturated heterocycles. The molecule has 1 atom stereocenters. The summed E-state index contributed by atoms with van der Waals surface area (Å²) in [7, 11) is 0. The molecule has 0 aromatic heterocycles. The minimum atomic E-state index is 0.0884. The van der Waals surface area contributed by atoms with Gasteiger partial charge in [-0.05, 0) is 24.6 Å². The Balaban J connectivity index is 1.86. The monoisotopic (exact) mass is 276 g/mol. The van der Waals surface area contributed by atoms with Gasteiger partial charge in [0.2, 0.25) is 0 Å². The Hall–Kier alpha value is -1.75. The molecule has 1 unspecified atom stereocenters. The van der Waals surface area contributed by atoms with Gasteiger partial charge in [-0.3, -0.25) is 4.90 Å². The molecule has 5 heteroatoms. The minimum absolute atomic E-state index is 0.0884. The molecule has 3 N–H and O–H groups in total. The third-order valence-electron chi connectivity index (χ3n) is 3.89. The summed E-state index contributed by atoms with van der Waals surface area (Å²) in [4.78, 5) is 4.78. The first-order chi connectivity index (χ1) is 9.60. The molecular weight excluding hydrogens is 252 g/mol. The lowest BCUT2D eigenvalue weighted by Crippen LogP contribution is -2.48. The zero-order chi connectivity index (χ0) is 14.5. The molecule has 1 aromatic carbocycles. The molecule has 0 aliphatic carbocycles. The van der Waals surface area contributed by atoms with E-state index in [-0.39, 0.29) is 5.92 Å². The van der Waals surface area contributed by atoms with Gasteiger partial charge in [0.15, 0.2) is 0 Å².